The Morgan fingerprint density at radius 3 is 1.13 bits per heavy atom. The maximum atomic E-state index is 13.0. The molecule has 22 nitrogen and oxygen atoms in total. The van der Waals surface area contributed by atoms with Crippen molar-refractivity contribution in [3.63, 3.8) is 0 Å². The smallest absolute Gasteiger partial charge is 0.463 e. The summed E-state index contributed by atoms with van der Waals surface area (Å²) in [6.07, 6.45) is 23.9. The zero-order valence-electron chi connectivity index (χ0n) is 53.1. The van der Waals surface area contributed by atoms with Crippen LogP contribution >= 0.6 is 0 Å². The minimum atomic E-state index is -0.828. The summed E-state index contributed by atoms with van der Waals surface area (Å²) < 4.78 is 42.9. The lowest BCUT2D eigenvalue weighted by atomic mass is 9.89. The van der Waals surface area contributed by atoms with Crippen LogP contribution in [0.4, 0.5) is 9.59 Å². The molecule has 0 radical (unpaired) electrons. The van der Waals surface area contributed by atoms with E-state index in [1.165, 1.54) is 64.2 Å². The van der Waals surface area contributed by atoms with E-state index in [1.807, 2.05) is 28.7 Å². The zero-order chi connectivity index (χ0) is 62.1. The Kier molecular flexibility index (Phi) is 55.4. The molecule has 0 aromatic rings. The van der Waals surface area contributed by atoms with Gasteiger partial charge in [-0.1, -0.05) is 150 Å². The first-order chi connectivity index (χ1) is 40.8. The molecule has 0 aliphatic heterocycles. The minimum Gasteiger partial charge on any atom is -0.463 e. The van der Waals surface area contributed by atoms with Crippen LogP contribution in [0, 0.1) is 5.92 Å². The number of carbonyl (C=O) groups excluding carboxylic acids is 6. The fourth-order valence-electron chi connectivity index (χ4n) is 9.65. The minimum absolute atomic E-state index is 0.00672. The maximum absolute atomic E-state index is 13.0. The normalized spacial score (nSPS) is 12.9. The number of carbonyl (C=O) groups is 6. The first-order valence-corrected chi connectivity index (χ1v) is 32.4. The quantitative estimate of drug-likeness (QED) is 0.0168. The number of rotatable bonds is 60. The molecule has 0 aliphatic rings. The first-order valence-electron chi connectivity index (χ1n) is 32.4. The molecule has 84 heavy (non-hydrogen) atoms. The number of esters is 4. The summed E-state index contributed by atoms with van der Waals surface area (Å²) >= 11 is 0. The van der Waals surface area contributed by atoms with Crippen molar-refractivity contribution < 1.29 is 92.1 Å². The number of nitrogens with zero attached hydrogens (tertiary/aromatic N) is 3. The lowest BCUT2D eigenvalue weighted by Crippen LogP contribution is -2.40. The molecule has 0 aromatic heterocycles. The van der Waals surface area contributed by atoms with Crippen molar-refractivity contribution in [2.24, 2.45) is 5.92 Å². The van der Waals surface area contributed by atoms with Crippen LogP contribution in [-0.2, 0) is 66.8 Å². The van der Waals surface area contributed by atoms with Crippen molar-refractivity contribution in [2.75, 3.05) is 112 Å². The van der Waals surface area contributed by atoms with Crippen LogP contribution in [0.3, 0.4) is 0 Å². The molecule has 0 aliphatic carbocycles. The van der Waals surface area contributed by atoms with Crippen LogP contribution in [0.2, 0.25) is 0 Å². The predicted molar refractivity (Wildman–Crippen MR) is 320 cm³/mol. The molecular weight excluding hydrogens is 1090 g/mol. The monoisotopic (exact) mass is 1210 g/mol. The first kappa shape index (κ1) is 80.1. The van der Waals surface area contributed by atoms with E-state index < -0.39 is 36.2 Å². The van der Waals surface area contributed by atoms with Crippen molar-refractivity contribution >= 4 is 36.2 Å². The van der Waals surface area contributed by atoms with Gasteiger partial charge >= 0.3 is 36.2 Å². The Morgan fingerprint density at radius 1 is 0.381 bits per heavy atom. The number of hydrogen-bond donors (Lipinski definition) is 3. The van der Waals surface area contributed by atoms with Crippen molar-refractivity contribution in [2.45, 2.75) is 246 Å². The van der Waals surface area contributed by atoms with Crippen LogP contribution in [0.1, 0.15) is 227 Å². The molecule has 0 saturated carbocycles. The Labute approximate surface area is 505 Å². The number of ether oxygens (including phenoxy) is 8. The molecule has 0 fully saturated rings. The molecule has 0 heterocycles. The maximum Gasteiger partial charge on any atom is 0.508 e. The molecule has 0 bridgehead atoms. The van der Waals surface area contributed by atoms with Gasteiger partial charge in [-0.15, -0.1) is 0 Å². The Hall–Kier alpha value is -3.90. The second kappa shape index (κ2) is 58.1. The fraction of sp³-hybridized carbons (Fsp3) is 0.903. The Bertz CT molecular complexity index is 1600. The second-order valence-electron chi connectivity index (χ2n) is 21.9. The van der Waals surface area contributed by atoms with E-state index >= 15 is 0 Å². The molecular formula is C62H117N3O19. The van der Waals surface area contributed by atoms with E-state index in [2.05, 4.69) is 32.6 Å². The highest BCUT2D eigenvalue weighted by molar-refractivity contribution is 5.71. The molecule has 22 heteroatoms. The van der Waals surface area contributed by atoms with Crippen molar-refractivity contribution in [1.82, 2.24) is 14.7 Å². The summed E-state index contributed by atoms with van der Waals surface area (Å²) in [6.45, 7) is 12.2. The lowest BCUT2D eigenvalue weighted by molar-refractivity contribution is -0.292. The highest BCUT2D eigenvalue weighted by Crippen LogP contribution is 2.26. The number of aliphatic hydroxyl groups is 1. The van der Waals surface area contributed by atoms with Crippen molar-refractivity contribution in [1.29, 1.82) is 0 Å². The average Bonchev–Trinajstić information content (AvgIpc) is 3.48. The molecule has 4 atom stereocenters. The summed E-state index contributed by atoms with van der Waals surface area (Å²) in [7, 11) is 1.89. The molecule has 0 spiro atoms. The van der Waals surface area contributed by atoms with Gasteiger partial charge in [0.05, 0.1) is 38.4 Å². The second-order valence-corrected chi connectivity index (χ2v) is 21.9. The van der Waals surface area contributed by atoms with E-state index in [1.54, 1.807) is 0 Å². The van der Waals surface area contributed by atoms with Crippen LogP contribution in [-0.4, -0.2) is 197 Å². The lowest BCUT2D eigenvalue weighted by Gasteiger charge is -2.27. The van der Waals surface area contributed by atoms with Gasteiger partial charge in [0, 0.05) is 52.4 Å². The van der Waals surface area contributed by atoms with Gasteiger partial charge in [0.15, 0.2) is 0 Å². The van der Waals surface area contributed by atoms with Crippen LogP contribution in [0.15, 0.2) is 0 Å². The fourth-order valence-corrected chi connectivity index (χ4v) is 9.65. The highest BCUT2D eigenvalue weighted by Gasteiger charge is 2.25. The predicted octanol–water partition coefficient (Wildman–Crippen LogP) is 11.5. The number of unbranched alkanes of at least 4 members (excludes halogenated alkanes) is 15. The highest BCUT2D eigenvalue weighted by atomic mass is 17.1. The van der Waals surface area contributed by atoms with Crippen molar-refractivity contribution in [3.8, 4) is 0 Å². The zero-order valence-corrected chi connectivity index (χ0v) is 53.1. The van der Waals surface area contributed by atoms with Gasteiger partial charge in [-0.3, -0.25) is 29.7 Å². The van der Waals surface area contributed by atoms with Gasteiger partial charge in [0.1, 0.15) is 58.5 Å². The van der Waals surface area contributed by atoms with Gasteiger partial charge in [0.2, 0.25) is 0 Å². The van der Waals surface area contributed by atoms with Gasteiger partial charge in [-0.2, -0.15) is 0 Å². The van der Waals surface area contributed by atoms with Gasteiger partial charge in [-0.05, 0) is 64.3 Å². The third kappa shape index (κ3) is 49.2. The molecule has 0 saturated heterocycles. The number of hydrogen-bond acceptors (Lipinski definition) is 22. The summed E-state index contributed by atoms with van der Waals surface area (Å²) in [5, 5.41) is 27.6. The summed E-state index contributed by atoms with van der Waals surface area (Å²) in [5.74, 6) is -1.94. The average molecular weight is 1210 g/mol. The van der Waals surface area contributed by atoms with Crippen LogP contribution < -0.4 is 0 Å². The summed E-state index contributed by atoms with van der Waals surface area (Å²) in [6, 6.07) is 0. The van der Waals surface area contributed by atoms with E-state index in [9.17, 15) is 34.0 Å². The number of likely N-dealkylation sites (N-methyl/N-ethyl adjacent to an activating group) is 1. The topological polar surface area (TPSA) is 265 Å². The third-order valence-corrected chi connectivity index (χ3v) is 14.8. The van der Waals surface area contributed by atoms with Crippen LogP contribution in [0.5, 0.6) is 0 Å². The summed E-state index contributed by atoms with van der Waals surface area (Å²) in [4.78, 5) is 90.9. The Morgan fingerprint density at radius 2 is 0.750 bits per heavy atom. The largest absolute Gasteiger partial charge is 0.508 e. The number of aliphatic hydroxyl groups excluding tert-OH is 1. The SMILES string of the molecule is CCCCCCCCC(CCC)OC(=O)OCCOC(=O)CCN(CCC(=O)OCCOO)CCN(C)CCN(CCC(=O)OCCO)CCC(=O)OCCOC(=O)OC(CCCCCCCC)CCC(CC)C(CCCCCCCC)OO. The summed E-state index contributed by atoms with van der Waals surface area (Å²) in [5.41, 5.74) is 0. The molecule has 0 rings (SSSR count). The van der Waals surface area contributed by atoms with Crippen LogP contribution in [0.25, 0.3) is 0 Å². The standard InChI is InChI=1S/C62H117N3O19/c1-7-12-15-18-21-24-28-54(27-10-4)82-61(71)79-49-47-76-59(69)35-39-65(40-36-60(70)78-51-52-81-73)44-42-63(6)41-43-64(37-33-57(67)75-46-45-66)38-34-58(68)77-48-50-80-62(72)83-55(29-25-22-19-16-13-8-2)32-31-53(11-5)56(84-74)30-26-23-20-17-14-9-3/h53-56,66,73-74H,7-52H2,1-6H3. The van der Waals surface area contributed by atoms with Gasteiger partial charge in [0.25, 0.3) is 0 Å². The van der Waals surface area contributed by atoms with Crippen molar-refractivity contribution in [3.05, 3.63) is 0 Å². The third-order valence-electron chi connectivity index (χ3n) is 14.8. The molecule has 4 unspecified atom stereocenters. The molecule has 494 valence electrons. The van der Waals surface area contributed by atoms with E-state index in [-0.39, 0.29) is 129 Å². The van der Waals surface area contributed by atoms with E-state index in [0.717, 1.165) is 89.9 Å². The van der Waals surface area contributed by atoms with E-state index in [0.29, 0.717) is 39.0 Å². The molecule has 0 amide bonds. The van der Waals surface area contributed by atoms with E-state index in [4.69, 9.17) is 53.1 Å². The van der Waals surface area contributed by atoms with Gasteiger partial charge in [-0.25, -0.2) is 19.4 Å². The Balaban J connectivity index is 5.37. The van der Waals surface area contributed by atoms with Gasteiger partial charge < -0.3 is 57.7 Å². The molecule has 3 N–H and O–H groups in total. The molecule has 0 aromatic carbocycles.